The Balaban J connectivity index is 2.01. The van der Waals surface area contributed by atoms with Gasteiger partial charge in [-0.2, -0.15) is 13.2 Å². The number of halogens is 4. The summed E-state index contributed by atoms with van der Waals surface area (Å²) >= 11 is 5.83. The number of benzene rings is 2. The Kier molecular flexibility index (Phi) is 6.20. The van der Waals surface area contributed by atoms with Crippen LogP contribution in [0.3, 0.4) is 0 Å². The SMILES string of the molecule is COc1ccc(NC(=O)CNc2ccc(C(F)(F)F)cc2Cl)c(OC)c1. The van der Waals surface area contributed by atoms with Gasteiger partial charge in [0.05, 0.1) is 42.7 Å². The van der Waals surface area contributed by atoms with Crippen molar-refractivity contribution in [3.05, 3.63) is 47.0 Å². The zero-order valence-electron chi connectivity index (χ0n) is 13.9. The van der Waals surface area contributed by atoms with Gasteiger partial charge >= 0.3 is 6.18 Å². The average Bonchev–Trinajstić information content (AvgIpc) is 2.60. The van der Waals surface area contributed by atoms with Crippen molar-refractivity contribution in [3.63, 3.8) is 0 Å². The average molecular weight is 389 g/mol. The number of methoxy groups -OCH3 is 2. The number of rotatable bonds is 6. The molecule has 0 radical (unpaired) electrons. The zero-order chi connectivity index (χ0) is 19.3. The predicted molar refractivity (Wildman–Crippen MR) is 93.1 cm³/mol. The van der Waals surface area contributed by atoms with Crippen molar-refractivity contribution in [3.8, 4) is 11.5 Å². The largest absolute Gasteiger partial charge is 0.497 e. The maximum Gasteiger partial charge on any atom is 0.416 e. The van der Waals surface area contributed by atoms with Gasteiger partial charge in [-0.15, -0.1) is 0 Å². The topological polar surface area (TPSA) is 59.6 Å². The Labute approximate surface area is 153 Å². The number of hydrogen-bond acceptors (Lipinski definition) is 4. The maximum atomic E-state index is 12.6. The second kappa shape index (κ2) is 8.18. The molecule has 5 nitrogen and oxygen atoms in total. The minimum atomic E-state index is -4.48. The molecule has 2 aromatic rings. The first-order valence-corrected chi connectivity index (χ1v) is 7.75. The first-order chi connectivity index (χ1) is 12.2. The summed E-state index contributed by atoms with van der Waals surface area (Å²) < 4.78 is 48.1. The summed E-state index contributed by atoms with van der Waals surface area (Å²) in [6, 6.07) is 7.73. The van der Waals surface area contributed by atoms with E-state index < -0.39 is 17.6 Å². The van der Waals surface area contributed by atoms with E-state index in [0.29, 0.717) is 17.2 Å². The normalized spacial score (nSPS) is 11.0. The highest BCUT2D eigenvalue weighted by molar-refractivity contribution is 6.33. The van der Waals surface area contributed by atoms with Crippen molar-refractivity contribution in [2.75, 3.05) is 31.4 Å². The van der Waals surface area contributed by atoms with E-state index in [1.165, 1.54) is 20.3 Å². The predicted octanol–water partition coefficient (Wildman–Crippen LogP) is 4.43. The van der Waals surface area contributed by atoms with Gasteiger partial charge in [-0.25, -0.2) is 0 Å². The monoisotopic (exact) mass is 388 g/mol. The number of carbonyl (C=O) groups is 1. The van der Waals surface area contributed by atoms with Crippen LogP contribution in [-0.4, -0.2) is 26.7 Å². The molecule has 0 bridgehead atoms. The van der Waals surface area contributed by atoms with Crippen LogP contribution < -0.4 is 20.1 Å². The highest BCUT2D eigenvalue weighted by Gasteiger charge is 2.30. The maximum absolute atomic E-state index is 12.6. The lowest BCUT2D eigenvalue weighted by atomic mass is 10.2. The van der Waals surface area contributed by atoms with E-state index in [1.54, 1.807) is 18.2 Å². The molecule has 140 valence electrons. The zero-order valence-corrected chi connectivity index (χ0v) is 14.7. The molecule has 2 rings (SSSR count). The van der Waals surface area contributed by atoms with Crippen LogP contribution in [-0.2, 0) is 11.0 Å². The number of nitrogens with one attached hydrogen (secondary N) is 2. The van der Waals surface area contributed by atoms with E-state index >= 15 is 0 Å². The molecule has 0 saturated heterocycles. The third-order valence-corrected chi connectivity index (χ3v) is 3.73. The lowest BCUT2D eigenvalue weighted by molar-refractivity contribution is -0.137. The number of carbonyl (C=O) groups excluding carboxylic acids is 1. The first-order valence-electron chi connectivity index (χ1n) is 7.37. The van der Waals surface area contributed by atoms with Gasteiger partial charge in [-0.1, -0.05) is 11.6 Å². The molecule has 0 fully saturated rings. The van der Waals surface area contributed by atoms with E-state index in [-0.39, 0.29) is 17.3 Å². The molecule has 1 amide bonds. The molecule has 2 aromatic carbocycles. The van der Waals surface area contributed by atoms with Gasteiger partial charge in [-0.05, 0) is 30.3 Å². The summed E-state index contributed by atoms with van der Waals surface area (Å²) in [5.41, 5.74) is -0.212. The number of alkyl halides is 3. The van der Waals surface area contributed by atoms with Crippen LogP contribution in [0.5, 0.6) is 11.5 Å². The van der Waals surface area contributed by atoms with Gasteiger partial charge in [-0.3, -0.25) is 4.79 Å². The van der Waals surface area contributed by atoms with Crippen molar-refractivity contribution in [1.29, 1.82) is 0 Å². The lowest BCUT2D eigenvalue weighted by Crippen LogP contribution is -2.22. The van der Waals surface area contributed by atoms with Crippen molar-refractivity contribution in [2.45, 2.75) is 6.18 Å². The van der Waals surface area contributed by atoms with Crippen LogP contribution in [0.1, 0.15) is 5.56 Å². The molecule has 9 heteroatoms. The molecule has 26 heavy (non-hydrogen) atoms. The molecule has 0 unspecified atom stereocenters. The third-order valence-electron chi connectivity index (χ3n) is 3.42. The molecule has 0 aromatic heterocycles. The third kappa shape index (κ3) is 4.95. The molecule has 0 spiro atoms. The molecule has 0 aliphatic carbocycles. The number of anilines is 2. The van der Waals surface area contributed by atoms with Gasteiger partial charge in [0.15, 0.2) is 0 Å². The number of amides is 1. The quantitative estimate of drug-likeness (QED) is 0.768. The Hall–Kier alpha value is -2.61. The Morgan fingerprint density at radius 1 is 1.08 bits per heavy atom. The van der Waals surface area contributed by atoms with Crippen LogP contribution in [0.15, 0.2) is 36.4 Å². The summed E-state index contributed by atoms with van der Waals surface area (Å²) in [6.07, 6.45) is -4.48. The van der Waals surface area contributed by atoms with E-state index in [0.717, 1.165) is 12.1 Å². The standard InChI is InChI=1S/C17H16ClF3N2O3/c1-25-11-4-6-14(15(8-11)26-2)23-16(24)9-22-13-5-3-10(7-12(13)18)17(19,20)21/h3-8,22H,9H2,1-2H3,(H,23,24). The van der Waals surface area contributed by atoms with Crippen molar-refractivity contribution < 1.29 is 27.4 Å². The van der Waals surface area contributed by atoms with Gasteiger partial charge in [0, 0.05) is 6.07 Å². The van der Waals surface area contributed by atoms with E-state index in [9.17, 15) is 18.0 Å². The summed E-state index contributed by atoms with van der Waals surface area (Å²) in [6.45, 7) is -0.194. The number of hydrogen-bond donors (Lipinski definition) is 2. The van der Waals surface area contributed by atoms with E-state index in [2.05, 4.69) is 10.6 Å². The minimum Gasteiger partial charge on any atom is -0.497 e. The summed E-state index contributed by atoms with van der Waals surface area (Å²) in [4.78, 5) is 12.1. The Bertz CT molecular complexity index is 797. The highest BCUT2D eigenvalue weighted by Crippen LogP contribution is 2.34. The minimum absolute atomic E-state index is 0.130. The van der Waals surface area contributed by atoms with Gasteiger partial charge in [0.2, 0.25) is 5.91 Å². The second-order valence-corrected chi connectivity index (χ2v) is 5.57. The molecular formula is C17H16ClF3N2O3. The smallest absolute Gasteiger partial charge is 0.416 e. The van der Waals surface area contributed by atoms with Crippen LogP contribution >= 0.6 is 11.6 Å². The molecule has 0 aliphatic rings. The van der Waals surface area contributed by atoms with Gasteiger partial charge < -0.3 is 20.1 Å². The molecule has 0 heterocycles. The van der Waals surface area contributed by atoms with Gasteiger partial charge in [0.1, 0.15) is 11.5 Å². The Morgan fingerprint density at radius 2 is 1.77 bits per heavy atom. The summed E-state index contributed by atoms with van der Waals surface area (Å²) in [7, 11) is 2.95. The van der Waals surface area contributed by atoms with Crippen molar-refractivity contribution in [2.24, 2.45) is 0 Å². The summed E-state index contributed by atoms with van der Waals surface area (Å²) in [5.74, 6) is 0.546. The van der Waals surface area contributed by atoms with Crippen LogP contribution in [0, 0.1) is 0 Å². The fraction of sp³-hybridized carbons (Fsp3) is 0.235. The lowest BCUT2D eigenvalue weighted by Gasteiger charge is -2.13. The first kappa shape index (κ1) is 19.7. The van der Waals surface area contributed by atoms with E-state index in [1.807, 2.05) is 0 Å². The van der Waals surface area contributed by atoms with Crippen LogP contribution in [0.2, 0.25) is 5.02 Å². The molecule has 0 saturated carbocycles. The van der Waals surface area contributed by atoms with Crippen molar-refractivity contribution in [1.82, 2.24) is 0 Å². The second-order valence-electron chi connectivity index (χ2n) is 5.16. The summed E-state index contributed by atoms with van der Waals surface area (Å²) in [5, 5.41) is 5.20. The molecule has 0 atom stereocenters. The fourth-order valence-corrected chi connectivity index (χ4v) is 2.35. The van der Waals surface area contributed by atoms with Crippen molar-refractivity contribution >= 4 is 28.9 Å². The molecular weight excluding hydrogens is 373 g/mol. The molecule has 2 N–H and O–H groups in total. The molecule has 0 aliphatic heterocycles. The Morgan fingerprint density at radius 3 is 2.35 bits per heavy atom. The highest BCUT2D eigenvalue weighted by atomic mass is 35.5. The van der Waals surface area contributed by atoms with E-state index in [4.69, 9.17) is 21.1 Å². The fourth-order valence-electron chi connectivity index (χ4n) is 2.11. The van der Waals surface area contributed by atoms with Crippen LogP contribution in [0.25, 0.3) is 0 Å². The number of ether oxygens (including phenoxy) is 2. The van der Waals surface area contributed by atoms with Crippen LogP contribution in [0.4, 0.5) is 24.5 Å². The van der Waals surface area contributed by atoms with Gasteiger partial charge in [0.25, 0.3) is 0 Å².